The molecule has 0 saturated carbocycles. The van der Waals surface area contributed by atoms with Gasteiger partial charge in [-0.05, 0) is 56.4 Å². The molecule has 232 valence electrons. The summed E-state index contributed by atoms with van der Waals surface area (Å²) in [6, 6.07) is 7.13. The summed E-state index contributed by atoms with van der Waals surface area (Å²) in [6.45, 7) is 5.16. The van der Waals surface area contributed by atoms with Gasteiger partial charge in [0.2, 0.25) is 11.8 Å². The number of anilines is 1. The molecular formula is C33H54N2O5S. The van der Waals surface area contributed by atoms with Gasteiger partial charge >= 0.3 is 0 Å². The van der Waals surface area contributed by atoms with Crippen molar-refractivity contribution in [1.82, 2.24) is 5.32 Å². The Labute approximate surface area is 252 Å². The zero-order chi connectivity index (χ0) is 30.3. The summed E-state index contributed by atoms with van der Waals surface area (Å²) in [7, 11) is 0. The average Bonchev–Trinajstić information content (AvgIpc) is 2.95. The predicted octanol–water partition coefficient (Wildman–Crippen LogP) is 7.17. The highest BCUT2D eigenvalue weighted by atomic mass is 32.2. The summed E-state index contributed by atoms with van der Waals surface area (Å²) < 4.78 is 0. The maximum Gasteiger partial charge on any atom is 0.249 e. The molecule has 1 atom stereocenters. The molecule has 2 amide bonds. The van der Waals surface area contributed by atoms with Gasteiger partial charge in [0.05, 0.1) is 6.61 Å². The van der Waals surface area contributed by atoms with E-state index in [2.05, 4.69) is 29.7 Å². The van der Waals surface area contributed by atoms with Crippen LogP contribution >= 0.6 is 11.8 Å². The number of aliphatic hydroxyl groups is 2. The molecule has 7 nitrogen and oxygen atoms in total. The molecular weight excluding hydrogens is 536 g/mol. The van der Waals surface area contributed by atoms with E-state index in [0.29, 0.717) is 12.1 Å². The summed E-state index contributed by atoms with van der Waals surface area (Å²) in [5, 5.41) is 24.7. The molecule has 1 rings (SSSR count). The van der Waals surface area contributed by atoms with Crippen LogP contribution in [-0.2, 0) is 14.4 Å². The molecule has 0 fully saturated rings. The van der Waals surface area contributed by atoms with Crippen molar-refractivity contribution < 1.29 is 24.6 Å². The van der Waals surface area contributed by atoms with Gasteiger partial charge in [-0.15, -0.1) is 0 Å². The second kappa shape index (κ2) is 22.4. The van der Waals surface area contributed by atoms with Crippen molar-refractivity contribution in [2.24, 2.45) is 5.41 Å². The zero-order valence-corrected chi connectivity index (χ0v) is 26.4. The van der Waals surface area contributed by atoms with Crippen molar-refractivity contribution in [3.8, 4) is 0 Å². The number of hydrogen-bond acceptors (Lipinski definition) is 6. The molecule has 0 aliphatic rings. The minimum Gasteiger partial charge on any atom is -0.396 e. The molecule has 0 aliphatic heterocycles. The Morgan fingerprint density at radius 3 is 2.00 bits per heavy atom. The standard InChI is InChI=1S/C33H54N2O5S/c1-4-5-6-7-8-9-10-11-12-13-14-15-16-17-18-19-30(38)41-28-22-20-27(21-23-28)35-29(37)24-25-34-32(40)31(39)33(2,3)26-36/h11-12,20-23,31,36,39H,4-10,13-19,24-26H2,1-3H3,(H,34,40)(H,35,37)/b12-11-. The van der Waals surface area contributed by atoms with Crippen LogP contribution in [0.3, 0.4) is 0 Å². The monoisotopic (exact) mass is 590 g/mol. The number of amides is 2. The van der Waals surface area contributed by atoms with Crippen molar-refractivity contribution in [3.05, 3.63) is 36.4 Å². The molecule has 0 aromatic heterocycles. The first-order chi connectivity index (χ1) is 19.7. The van der Waals surface area contributed by atoms with Gasteiger partial charge < -0.3 is 20.8 Å². The average molecular weight is 591 g/mol. The van der Waals surface area contributed by atoms with Crippen molar-refractivity contribution in [3.63, 3.8) is 0 Å². The molecule has 1 aromatic rings. The van der Waals surface area contributed by atoms with Crippen LogP contribution in [0.5, 0.6) is 0 Å². The molecule has 0 aliphatic carbocycles. The van der Waals surface area contributed by atoms with Crippen molar-refractivity contribution in [1.29, 1.82) is 0 Å². The van der Waals surface area contributed by atoms with Crippen LogP contribution in [0.4, 0.5) is 5.69 Å². The number of carbonyl (C=O) groups excluding carboxylic acids is 3. The van der Waals surface area contributed by atoms with Crippen molar-refractivity contribution in [2.75, 3.05) is 18.5 Å². The second-order valence-electron chi connectivity index (χ2n) is 11.5. The van der Waals surface area contributed by atoms with E-state index >= 15 is 0 Å². The summed E-state index contributed by atoms with van der Waals surface area (Å²) in [5.41, 5.74) is -0.353. The van der Waals surface area contributed by atoms with Crippen LogP contribution in [-0.4, -0.2) is 46.4 Å². The number of rotatable bonds is 23. The summed E-state index contributed by atoms with van der Waals surface area (Å²) in [5.74, 6) is -0.897. The summed E-state index contributed by atoms with van der Waals surface area (Å²) in [4.78, 5) is 37.3. The van der Waals surface area contributed by atoms with E-state index in [0.717, 1.165) is 24.2 Å². The van der Waals surface area contributed by atoms with Crippen LogP contribution in [0.1, 0.15) is 117 Å². The smallest absolute Gasteiger partial charge is 0.249 e. The SMILES string of the molecule is CCCCCCCC/C=C\CCCCCCCC(=O)Sc1ccc(NC(=O)CCNC(=O)C(O)C(C)(C)CO)cc1. The van der Waals surface area contributed by atoms with Crippen LogP contribution in [0.2, 0.25) is 0 Å². The lowest BCUT2D eigenvalue weighted by Gasteiger charge is -2.27. The number of carbonyl (C=O) groups is 3. The fourth-order valence-electron chi connectivity index (χ4n) is 4.19. The first-order valence-corrected chi connectivity index (χ1v) is 16.3. The van der Waals surface area contributed by atoms with Crippen LogP contribution in [0.15, 0.2) is 41.3 Å². The van der Waals surface area contributed by atoms with Crippen LogP contribution in [0, 0.1) is 5.41 Å². The number of aliphatic hydroxyl groups excluding tert-OH is 2. The van der Waals surface area contributed by atoms with Gasteiger partial charge in [0.15, 0.2) is 5.12 Å². The summed E-state index contributed by atoms with van der Waals surface area (Å²) in [6.07, 6.45) is 20.0. The Hall–Kier alpha value is -2.16. The Kier molecular flexibility index (Phi) is 20.2. The highest BCUT2D eigenvalue weighted by Gasteiger charge is 2.32. The fraction of sp³-hybridized carbons (Fsp3) is 0.667. The molecule has 41 heavy (non-hydrogen) atoms. The molecule has 1 unspecified atom stereocenters. The van der Waals surface area contributed by atoms with Gasteiger partial charge in [0.25, 0.3) is 0 Å². The Balaban J connectivity index is 2.11. The molecule has 0 spiro atoms. The molecule has 0 radical (unpaired) electrons. The zero-order valence-electron chi connectivity index (χ0n) is 25.6. The van der Waals surface area contributed by atoms with E-state index in [1.54, 1.807) is 26.0 Å². The molecule has 1 aromatic carbocycles. The lowest BCUT2D eigenvalue weighted by atomic mass is 9.87. The van der Waals surface area contributed by atoms with Gasteiger partial charge in [0.1, 0.15) is 6.10 Å². The lowest BCUT2D eigenvalue weighted by molar-refractivity contribution is -0.137. The first kappa shape index (κ1) is 36.9. The number of hydrogen-bond donors (Lipinski definition) is 4. The van der Waals surface area contributed by atoms with Crippen LogP contribution in [0.25, 0.3) is 0 Å². The number of nitrogens with one attached hydrogen (secondary N) is 2. The van der Waals surface area contributed by atoms with Crippen LogP contribution < -0.4 is 10.6 Å². The fourth-order valence-corrected chi connectivity index (χ4v) is 4.97. The normalized spacial score (nSPS) is 12.4. The van der Waals surface area contributed by atoms with Gasteiger partial charge in [-0.3, -0.25) is 14.4 Å². The van der Waals surface area contributed by atoms with Crippen molar-refractivity contribution in [2.45, 2.75) is 128 Å². The quantitative estimate of drug-likeness (QED) is 0.0610. The maximum atomic E-state index is 12.3. The largest absolute Gasteiger partial charge is 0.396 e. The number of thioether (sulfide) groups is 1. The van der Waals surface area contributed by atoms with E-state index in [1.807, 2.05) is 12.1 Å². The number of allylic oxidation sites excluding steroid dienone is 2. The third-order valence-electron chi connectivity index (χ3n) is 7.06. The molecule has 0 heterocycles. The molecule has 0 bridgehead atoms. The molecule has 0 saturated heterocycles. The van der Waals surface area contributed by atoms with E-state index < -0.39 is 17.4 Å². The molecule has 4 N–H and O–H groups in total. The van der Waals surface area contributed by atoms with Gasteiger partial charge in [-0.25, -0.2) is 0 Å². The second-order valence-corrected chi connectivity index (χ2v) is 12.6. The molecule has 8 heteroatoms. The maximum absolute atomic E-state index is 12.3. The highest BCUT2D eigenvalue weighted by molar-refractivity contribution is 8.13. The number of benzene rings is 1. The Morgan fingerprint density at radius 1 is 0.854 bits per heavy atom. The van der Waals surface area contributed by atoms with Gasteiger partial charge in [0, 0.05) is 35.4 Å². The van der Waals surface area contributed by atoms with E-state index in [1.165, 1.54) is 76.0 Å². The topological polar surface area (TPSA) is 116 Å². The minimum absolute atomic E-state index is 0.0446. The number of unbranched alkanes of at least 4 members (excludes halogenated alkanes) is 11. The Bertz CT molecular complexity index is 901. The predicted molar refractivity (Wildman–Crippen MR) is 170 cm³/mol. The third-order valence-corrected chi connectivity index (χ3v) is 8.00. The lowest BCUT2D eigenvalue weighted by Crippen LogP contribution is -2.46. The van der Waals surface area contributed by atoms with Crippen molar-refractivity contribution >= 4 is 34.4 Å². The van der Waals surface area contributed by atoms with E-state index in [-0.39, 0.29) is 30.6 Å². The Morgan fingerprint density at radius 2 is 1.41 bits per heavy atom. The van der Waals surface area contributed by atoms with Gasteiger partial charge in [-0.2, -0.15) is 0 Å². The minimum atomic E-state index is -1.36. The third kappa shape index (κ3) is 18.1. The van der Waals surface area contributed by atoms with E-state index in [4.69, 9.17) is 0 Å². The van der Waals surface area contributed by atoms with Gasteiger partial charge in [-0.1, -0.05) is 96.1 Å². The first-order valence-electron chi connectivity index (χ1n) is 15.5. The summed E-state index contributed by atoms with van der Waals surface area (Å²) >= 11 is 1.23. The highest BCUT2D eigenvalue weighted by Crippen LogP contribution is 2.24. The van der Waals surface area contributed by atoms with E-state index in [9.17, 15) is 24.6 Å².